The van der Waals surface area contributed by atoms with Crippen LogP contribution in [0, 0.1) is 0 Å². The van der Waals surface area contributed by atoms with Crippen molar-refractivity contribution >= 4 is 27.3 Å². The van der Waals surface area contributed by atoms with Crippen molar-refractivity contribution in [1.82, 2.24) is 10.3 Å². The van der Waals surface area contributed by atoms with Crippen molar-refractivity contribution in [2.75, 3.05) is 7.05 Å². The summed E-state index contributed by atoms with van der Waals surface area (Å²) in [4.78, 5) is 4.59. The molecule has 2 heterocycles. The second-order valence-corrected chi connectivity index (χ2v) is 6.93. The number of aryl methyl sites for hydroxylation is 1. The van der Waals surface area contributed by atoms with E-state index < -0.39 is 0 Å². The molecule has 3 rings (SSSR count). The molecule has 0 amide bonds. The van der Waals surface area contributed by atoms with Crippen LogP contribution >= 0.6 is 27.3 Å². The predicted octanol–water partition coefficient (Wildman–Crippen LogP) is 3.90. The maximum absolute atomic E-state index is 4.59. The van der Waals surface area contributed by atoms with Gasteiger partial charge in [-0.25, -0.2) is 0 Å². The lowest BCUT2D eigenvalue weighted by Crippen LogP contribution is -2.22. The molecule has 0 fully saturated rings. The Morgan fingerprint density at radius 1 is 1.56 bits per heavy atom. The zero-order chi connectivity index (χ0) is 12.5. The van der Waals surface area contributed by atoms with Gasteiger partial charge in [0.25, 0.3) is 0 Å². The molecule has 18 heavy (non-hydrogen) atoms. The van der Waals surface area contributed by atoms with Crippen molar-refractivity contribution in [2.24, 2.45) is 0 Å². The average Bonchev–Trinajstić information content (AvgIpc) is 2.98. The monoisotopic (exact) mass is 322 g/mol. The van der Waals surface area contributed by atoms with Crippen LogP contribution in [0.1, 0.15) is 35.2 Å². The van der Waals surface area contributed by atoms with Crippen molar-refractivity contribution in [1.29, 1.82) is 0 Å². The third kappa shape index (κ3) is 2.13. The van der Waals surface area contributed by atoms with Gasteiger partial charge in [0, 0.05) is 23.9 Å². The predicted molar refractivity (Wildman–Crippen MR) is 79.1 cm³/mol. The first-order valence-electron chi connectivity index (χ1n) is 6.14. The summed E-state index contributed by atoms with van der Waals surface area (Å²) in [6, 6.07) is 6.82. The molecular formula is C14H15BrN2S. The number of hydrogen-bond acceptors (Lipinski definition) is 3. The standard InChI is InChI=1S/C14H15BrN2S/c1-16-13(10-7-12(15)18-8-10)11-5-4-9-3-2-6-17-14(9)11/h2-3,6-8,11,13,16H,4-5H2,1H3. The Kier molecular flexibility index (Phi) is 3.50. The zero-order valence-corrected chi connectivity index (χ0v) is 12.6. The minimum atomic E-state index is 0.365. The fourth-order valence-electron chi connectivity index (χ4n) is 2.85. The third-order valence-corrected chi connectivity index (χ3v) is 5.18. The van der Waals surface area contributed by atoms with Crippen molar-refractivity contribution in [3.05, 3.63) is 50.4 Å². The first-order valence-corrected chi connectivity index (χ1v) is 7.82. The van der Waals surface area contributed by atoms with Crippen LogP contribution in [0.3, 0.4) is 0 Å². The van der Waals surface area contributed by atoms with Crippen molar-refractivity contribution < 1.29 is 0 Å². The Balaban J connectivity index is 1.95. The molecule has 1 aliphatic carbocycles. The Bertz CT molecular complexity index is 552. The largest absolute Gasteiger partial charge is 0.312 e. The zero-order valence-electron chi connectivity index (χ0n) is 10.2. The molecule has 0 spiro atoms. The molecule has 2 unspecified atom stereocenters. The van der Waals surface area contributed by atoms with Gasteiger partial charge in [-0.15, -0.1) is 11.3 Å². The highest BCUT2D eigenvalue weighted by molar-refractivity contribution is 9.11. The molecule has 2 aromatic rings. The minimum Gasteiger partial charge on any atom is -0.312 e. The van der Waals surface area contributed by atoms with Gasteiger partial charge < -0.3 is 5.32 Å². The van der Waals surface area contributed by atoms with Crippen LogP contribution in [-0.2, 0) is 6.42 Å². The lowest BCUT2D eigenvalue weighted by molar-refractivity contribution is 0.471. The molecule has 2 nitrogen and oxygen atoms in total. The van der Waals surface area contributed by atoms with Crippen LogP contribution in [0.5, 0.6) is 0 Å². The SMILES string of the molecule is CNC(c1csc(Br)c1)C1CCc2cccnc21. The summed E-state index contributed by atoms with van der Waals surface area (Å²) in [6.45, 7) is 0. The quantitative estimate of drug-likeness (QED) is 0.927. The number of pyridine rings is 1. The number of fused-ring (bicyclic) bond motifs is 1. The van der Waals surface area contributed by atoms with E-state index in [1.165, 1.54) is 27.0 Å². The molecule has 0 radical (unpaired) electrons. The van der Waals surface area contributed by atoms with Crippen LogP contribution < -0.4 is 5.32 Å². The van der Waals surface area contributed by atoms with Gasteiger partial charge in [-0.3, -0.25) is 4.98 Å². The molecule has 0 saturated carbocycles. The van der Waals surface area contributed by atoms with E-state index in [1.807, 2.05) is 19.3 Å². The molecule has 0 aromatic carbocycles. The Morgan fingerprint density at radius 2 is 2.44 bits per heavy atom. The molecule has 1 N–H and O–H groups in total. The molecule has 2 atom stereocenters. The van der Waals surface area contributed by atoms with Crippen LogP contribution in [0.15, 0.2) is 33.6 Å². The van der Waals surface area contributed by atoms with Gasteiger partial charge in [-0.2, -0.15) is 0 Å². The van der Waals surface area contributed by atoms with E-state index in [0.717, 1.165) is 6.42 Å². The molecule has 0 aliphatic heterocycles. The fraction of sp³-hybridized carbons (Fsp3) is 0.357. The summed E-state index contributed by atoms with van der Waals surface area (Å²) in [5, 5.41) is 5.69. The van der Waals surface area contributed by atoms with Crippen molar-refractivity contribution in [3.8, 4) is 0 Å². The molecule has 0 bridgehead atoms. The van der Waals surface area contributed by atoms with Crippen LogP contribution in [-0.4, -0.2) is 12.0 Å². The molecule has 0 saturated heterocycles. The Labute approximate surface area is 120 Å². The summed E-state index contributed by atoms with van der Waals surface area (Å²) in [6.07, 6.45) is 4.25. The lowest BCUT2D eigenvalue weighted by Gasteiger charge is -2.22. The second kappa shape index (κ2) is 5.11. The number of hydrogen-bond donors (Lipinski definition) is 1. The molecular weight excluding hydrogens is 308 g/mol. The number of likely N-dealkylation sites (N-methyl/N-ethyl adjacent to an activating group) is 1. The summed E-state index contributed by atoms with van der Waals surface area (Å²) < 4.78 is 1.19. The normalized spacial score (nSPS) is 19.8. The third-order valence-electron chi connectivity index (χ3n) is 3.66. The maximum Gasteiger partial charge on any atom is 0.0701 e. The van der Waals surface area contributed by atoms with E-state index in [0.29, 0.717) is 12.0 Å². The van der Waals surface area contributed by atoms with Gasteiger partial charge in [-0.1, -0.05) is 6.07 Å². The summed E-state index contributed by atoms with van der Waals surface area (Å²) in [5.74, 6) is 0.493. The Morgan fingerprint density at radius 3 is 3.17 bits per heavy atom. The first-order chi connectivity index (χ1) is 8.79. The van der Waals surface area contributed by atoms with Crippen LogP contribution in [0.25, 0.3) is 0 Å². The van der Waals surface area contributed by atoms with Gasteiger partial charge >= 0.3 is 0 Å². The smallest absolute Gasteiger partial charge is 0.0701 e. The van der Waals surface area contributed by atoms with E-state index in [1.54, 1.807) is 11.3 Å². The molecule has 2 aromatic heterocycles. The van der Waals surface area contributed by atoms with Gasteiger partial charge in [0.1, 0.15) is 0 Å². The van der Waals surface area contributed by atoms with Gasteiger partial charge in [0.05, 0.1) is 3.79 Å². The molecule has 94 valence electrons. The van der Waals surface area contributed by atoms with E-state index in [9.17, 15) is 0 Å². The highest BCUT2D eigenvalue weighted by Gasteiger charge is 2.31. The minimum absolute atomic E-state index is 0.365. The highest BCUT2D eigenvalue weighted by atomic mass is 79.9. The summed E-state index contributed by atoms with van der Waals surface area (Å²) >= 11 is 5.29. The number of nitrogens with one attached hydrogen (secondary N) is 1. The number of aromatic nitrogens is 1. The second-order valence-electron chi connectivity index (χ2n) is 4.64. The molecule has 4 heteroatoms. The number of rotatable bonds is 3. The van der Waals surface area contributed by atoms with E-state index >= 15 is 0 Å². The van der Waals surface area contributed by atoms with Gasteiger partial charge in [0.2, 0.25) is 0 Å². The number of halogens is 1. The fourth-order valence-corrected chi connectivity index (χ4v) is 4.07. The number of thiophene rings is 1. The highest BCUT2D eigenvalue weighted by Crippen LogP contribution is 2.41. The number of nitrogens with zero attached hydrogens (tertiary/aromatic N) is 1. The van der Waals surface area contributed by atoms with Crippen molar-refractivity contribution in [2.45, 2.75) is 24.8 Å². The van der Waals surface area contributed by atoms with Gasteiger partial charge in [0.15, 0.2) is 0 Å². The summed E-state index contributed by atoms with van der Waals surface area (Å²) in [7, 11) is 2.04. The van der Waals surface area contributed by atoms with Gasteiger partial charge in [-0.05, 0) is 64.5 Å². The van der Waals surface area contributed by atoms with E-state index in [2.05, 4.69) is 43.7 Å². The van der Waals surface area contributed by atoms with Crippen LogP contribution in [0.4, 0.5) is 0 Å². The molecule has 1 aliphatic rings. The first kappa shape index (κ1) is 12.3. The van der Waals surface area contributed by atoms with E-state index in [-0.39, 0.29) is 0 Å². The Hall–Kier alpha value is -0.710. The summed E-state index contributed by atoms with van der Waals surface area (Å²) in [5.41, 5.74) is 4.05. The van der Waals surface area contributed by atoms with Crippen LogP contribution in [0.2, 0.25) is 0 Å². The average molecular weight is 323 g/mol. The van der Waals surface area contributed by atoms with E-state index in [4.69, 9.17) is 0 Å². The lowest BCUT2D eigenvalue weighted by atomic mass is 9.92. The maximum atomic E-state index is 4.59. The topological polar surface area (TPSA) is 24.9 Å². The van der Waals surface area contributed by atoms with Crippen molar-refractivity contribution in [3.63, 3.8) is 0 Å².